The largest absolute Gasteiger partial charge is 0.321 e. The molecule has 17 heavy (non-hydrogen) atoms. The lowest BCUT2D eigenvalue weighted by Gasteiger charge is -2.05. The van der Waals surface area contributed by atoms with E-state index in [9.17, 15) is 4.79 Å². The quantitative estimate of drug-likeness (QED) is 0.898. The molecule has 0 saturated carbocycles. The molecule has 0 aliphatic heterocycles. The lowest BCUT2D eigenvalue weighted by Crippen LogP contribution is -2.13. The molecule has 1 N–H and O–H groups in total. The number of rotatable bonds is 2. The number of aromatic nitrogens is 2. The van der Waals surface area contributed by atoms with Crippen LogP contribution in [0.15, 0.2) is 45.7 Å². The Labute approximate surface area is 115 Å². The molecule has 4 nitrogen and oxygen atoms in total. The average Bonchev–Trinajstić information content (AvgIpc) is 2.35. The fourth-order valence-electron chi connectivity index (χ4n) is 1.19. The minimum atomic E-state index is -0.285. The monoisotopic (exact) mass is 355 g/mol. The van der Waals surface area contributed by atoms with Gasteiger partial charge in [-0.05, 0) is 50.1 Å². The topological polar surface area (TPSA) is 54.9 Å². The molecule has 86 valence electrons. The van der Waals surface area contributed by atoms with Gasteiger partial charge in [0.2, 0.25) is 0 Å². The van der Waals surface area contributed by atoms with Gasteiger partial charge >= 0.3 is 0 Å². The molecule has 0 atom stereocenters. The highest BCUT2D eigenvalue weighted by Crippen LogP contribution is 2.26. The van der Waals surface area contributed by atoms with E-state index in [0.29, 0.717) is 5.69 Å². The third kappa shape index (κ3) is 3.10. The van der Waals surface area contributed by atoms with Crippen molar-refractivity contribution in [3.8, 4) is 0 Å². The number of halogens is 2. The maximum Gasteiger partial charge on any atom is 0.275 e. The van der Waals surface area contributed by atoms with Crippen LogP contribution in [-0.4, -0.2) is 15.9 Å². The van der Waals surface area contributed by atoms with Crippen molar-refractivity contribution in [2.24, 2.45) is 0 Å². The van der Waals surface area contributed by atoms with E-state index in [4.69, 9.17) is 0 Å². The van der Waals surface area contributed by atoms with Gasteiger partial charge in [-0.1, -0.05) is 0 Å². The zero-order chi connectivity index (χ0) is 12.3. The summed E-state index contributed by atoms with van der Waals surface area (Å²) >= 11 is 6.72. The molecule has 0 aliphatic carbocycles. The van der Waals surface area contributed by atoms with E-state index in [1.165, 1.54) is 18.6 Å². The summed E-state index contributed by atoms with van der Waals surface area (Å²) in [5.41, 5.74) is 0.974. The van der Waals surface area contributed by atoms with Crippen molar-refractivity contribution < 1.29 is 4.79 Å². The molecule has 2 rings (SSSR count). The first-order valence-electron chi connectivity index (χ1n) is 4.69. The van der Waals surface area contributed by atoms with Crippen LogP contribution in [0, 0.1) is 0 Å². The van der Waals surface area contributed by atoms with Gasteiger partial charge in [-0.3, -0.25) is 9.78 Å². The van der Waals surface area contributed by atoms with Crippen LogP contribution in [0.2, 0.25) is 0 Å². The van der Waals surface area contributed by atoms with Crippen LogP contribution in [-0.2, 0) is 0 Å². The SMILES string of the molecule is O=C(Nc1ccc(Br)c(Br)c1)c1cnccn1. The molecule has 0 radical (unpaired) electrons. The molecular weight excluding hydrogens is 350 g/mol. The molecule has 2 aromatic rings. The summed E-state index contributed by atoms with van der Waals surface area (Å²) in [5.74, 6) is -0.285. The minimum Gasteiger partial charge on any atom is -0.321 e. The Bertz CT molecular complexity index is 546. The molecule has 1 amide bonds. The molecule has 1 aromatic heterocycles. The predicted octanol–water partition coefficient (Wildman–Crippen LogP) is 3.25. The highest BCUT2D eigenvalue weighted by molar-refractivity contribution is 9.13. The Morgan fingerprint density at radius 1 is 1.18 bits per heavy atom. The number of carbonyl (C=O) groups excluding carboxylic acids is 1. The van der Waals surface area contributed by atoms with Crippen LogP contribution in [0.4, 0.5) is 5.69 Å². The van der Waals surface area contributed by atoms with Crippen LogP contribution >= 0.6 is 31.9 Å². The normalized spacial score (nSPS) is 10.0. The van der Waals surface area contributed by atoms with Gasteiger partial charge < -0.3 is 5.32 Å². The fourth-order valence-corrected chi connectivity index (χ4v) is 1.81. The Balaban J connectivity index is 2.16. The van der Waals surface area contributed by atoms with Crippen LogP contribution < -0.4 is 5.32 Å². The van der Waals surface area contributed by atoms with Crippen LogP contribution in [0.5, 0.6) is 0 Å². The molecule has 0 bridgehead atoms. The Kier molecular flexibility index (Phi) is 3.86. The molecular formula is C11H7Br2N3O. The Hall–Kier alpha value is -1.27. The maximum atomic E-state index is 11.8. The van der Waals surface area contributed by atoms with E-state index in [2.05, 4.69) is 47.1 Å². The molecule has 1 aromatic carbocycles. The zero-order valence-electron chi connectivity index (χ0n) is 8.52. The van der Waals surface area contributed by atoms with Gasteiger partial charge in [0, 0.05) is 27.0 Å². The number of nitrogens with zero attached hydrogens (tertiary/aromatic N) is 2. The Morgan fingerprint density at radius 3 is 2.65 bits per heavy atom. The van der Waals surface area contributed by atoms with Crippen molar-refractivity contribution in [3.63, 3.8) is 0 Å². The molecule has 0 saturated heterocycles. The number of hydrogen-bond acceptors (Lipinski definition) is 3. The van der Waals surface area contributed by atoms with Gasteiger partial charge in [0.05, 0.1) is 6.20 Å². The van der Waals surface area contributed by atoms with E-state index < -0.39 is 0 Å². The zero-order valence-corrected chi connectivity index (χ0v) is 11.7. The lowest BCUT2D eigenvalue weighted by atomic mass is 10.3. The van der Waals surface area contributed by atoms with E-state index in [1.807, 2.05) is 6.07 Å². The van der Waals surface area contributed by atoms with Crippen LogP contribution in [0.3, 0.4) is 0 Å². The highest BCUT2D eigenvalue weighted by atomic mass is 79.9. The second-order valence-electron chi connectivity index (χ2n) is 3.17. The predicted molar refractivity (Wildman–Crippen MR) is 71.8 cm³/mol. The third-order valence-corrected chi connectivity index (χ3v) is 3.85. The molecule has 0 unspecified atom stereocenters. The van der Waals surface area contributed by atoms with Gasteiger partial charge in [0.1, 0.15) is 5.69 Å². The third-order valence-electron chi connectivity index (χ3n) is 1.97. The minimum absolute atomic E-state index is 0.284. The summed E-state index contributed by atoms with van der Waals surface area (Å²) in [7, 11) is 0. The van der Waals surface area contributed by atoms with Crippen LogP contribution in [0.1, 0.15) is 10.5 Å². The second kappa shape index (κ2) is 5.37. The molecule has 6 heteroatoms. The van der Waals surface area contributed by atoms with Gasteiger partial charge in [-0.15, -0.1) is 0 Å². The molecule has 0 aliphatic rings. The van der Waals surface area contributed by atoms with E-state index in [0.717, 1.165) is 8.95 Å². The van der Waals surface area contributed by atoms with Crippen molar-refractivity contribution in [1.29, 1.82) is 0 Å². The van der Waals surface area contributed by atoms with E-state index in [1.54, 1.807) is 12.1 Å². The summed E-state index contributed by atoms with van der Waals surface area (Å²) in [6.45, 7) is 0. The second-order valence-corrected chi connectivity index (χ2v) is 4.88. The highest BCUT2D eigenvalue weighted by Gasteiger charge is 2.07. The summed E-state index contributed by atoms with van der Waals surface area (Å²) in [4.78, 5) is 19.5. The van der Waals surface area contributed by atoms with E-state index >= 15 is 0 Å². The van der Waals surface area contributed by atoms with Gasteiger partial charge in [-0.2, -0.15) is 0 Å². The molecule has 0 fully saturated rings. The number of benzene rings is 1. The number of hydrogen-bond donors (Lipinski definition) is 1. The summed E-state index contributed by atoms with van der Waals surface area (Å²) in [6.07, 6.45) is 4.42. The van der Waals surface area contributed by atoms with Crippen molar-refractivity contribution >= 4 is 43.5 Å². The van der Waals surface area contributed by atoms with Crippen molar-refractivity contribution in [3.05, 3.63) is 51.4 Å². The first-order chi connectivity index (χ1) is 8.16. The number of carbonyl (C=O) groups is 1. The molecule has 0 spiro atoms. The maximum absolute atomic E-state index is 11.8. The number of amides is 1. The van der Waals surface area contributed by atoms with Crippen molar-refractivity contribution in [2.75, 3.05) is 5.32 Å². The van der Waals surface area contributed by atoms with Crippen molar-refractivity contribution in [1.82, 2.24) is 9.97 Å². The first kappa shape index (κ1) is 12.2. The summed E-state index contributed by atoms with van der Waals surface area (Å²) < 4.78 is 1.80. The molecule has 1 heterocycles. The summed E-state index contributed by atoms with van der Waals surface area (Å²) in [5, 5.41) is 2.73. The summed E-state index contributed by atoms with van der Waals surface area (Å²) in [6, 6.07) is 5.44. The van der Waals surface area contributed by atoms with Gasteiger partial charge in [0.25, 0.3) is 5.91 Å². The number of nitrogens with one attached hydrogen (secondary N) is 1. The van der Waals surface area contributed by atoms with Crippen LogP contribution in [0.25, 0.3) is 0 Å². The Morgan fingerprint density at radius 2 is 2.00 bits per heavy atom. The van der Waals surface area contributed by atoms with Gasteiger partial charge in [-0.25, -0.2) is 4.98 Å². The lowest BCUT2D eigenvalue weighted by molar-refractivity contribution is 0.102. The van der Waals surface area contributed by atoms with E-state index in [-0.39, 0.29) is 11.6 Å². The fraction of sp³-hybridized carbons (Fsp3) is 0. The standard InChI is InChI=1S/C11H7Br2N3O/c12-8-2-1-7(5-9(8)13)16-11(17)10-6-14-3-4-15-10/h1-6H,(H,16,17). The first-order valence-corrected chi connectivity index (χ1v) is 6.28. The van der Waals surface area contributed by atoms with Gasteiger partial charge in [0.15, 0.2) is 0 Å². The smallest absolute Gasteiger partial charge is 0.275 e. The number of anilines is 1. The van der Waals surface area contributed by atoms with Crippen molar-refractivity contribution in [2.45, 2.75) is 0 Å². The average molecular weight is 357 g/mol.